The van der Waals surface area contributed by atoms with Crippen LogP contribution in [0.2, 0.25) is 0 Å². The van der Waals surface area contributed by atoms with Crippen molar-refractivity contribution in [1.82, 2.24) is 4.90 Å². The fraction of sp³-hybridized carbons (Fsp3) is 0.462. The Morgan fingerprint density at radius 2 is 2.25 bits per heavy atom. The van der Waals surface area contributed by atoms with Crippen molar-refractivity contribution < 1.29 is 5.11 Å². The van der Waals surface area contributed by atoms with Crippen LogP contribution in [-0.2, 0) is 6.54 Å². The first kappa shape index (κ1) is 12.7. The molecule has 0 amide bonds. The summed E-state index contributed by atoms with van der Waals surface area (Å²) in [6.45, 7) is 3.46. The molecule has 0 heterocycles. The molecule has 1 N–H and O–H groups in total. The van der Waals surface area contributed by atoms with E-state index in [1.54, 1.807) is 13.0 Å². The summed E-state index contributed by atoms with van der Waals surface area (Å²) in [5.41, 5.74) is 1.83. The Bertz CT molecular complexity index is 368. The summed E-state index contributed by atoms with van der Waals surface area (Å²) >= 11 is 0. The highest BCUT2D eigenvalue weighted by Gasteiger charge is 2.03. The van der Waals surface area contributed by atoms with Crippen molar-refractivity contribution >= 4 is 0 Å². The van der Waals surface area contributed by atoms with Crippen LogP contribution in [0.1, 0.15) is 24.5 Å². The number of nitrogens with zero attached hydrogens (tertiary/aromatic N) is 2. The summed E-state index contributed by atoms with van der Waals surface area (Å²) in [6.07, 6.45) is 0.516. The Kier molecular flexibility index (Phi) is 4.97. The van der Waals surface area contributed by atoms with Gasteiger partial charge in [0.25, 0.3) is 0 Å². The molecule has 0 aliphatic carbocycles. The summed E-state index contributed by atoms with van der Waals surface area (Å²) in [5, 5.41) is 18.0. The van der Waals surface area contributed by atoms with E-state index in [9.17, 15) is 5.11 Å². The zero-order valence-corrected chi connectivity index (χ0v) is 9.85. The number of aliphatic hydroxyl groups is 1. The van der Waals surface area contributed by atoms with Crippen molar-refractivity contribution in [2.45, 2.75) is 26.0 Å². The van der Waals surface area contributed by atoms with Crippen molar-refractivity contribution in [2.75, 3.05) is 13.6 Å². The summed E-state index contributed by atoms with van der Waals surface area (Å²) in [7, 11) is 2.02. The van der Waals surface area contributed by atoms with E-state index in [1.807, 2.05) is 25.2 Å². The lowest BCUT2D eigenvalue weighted by Crippen LogP contribution is -2.22. The van der Waals surface area contributed by atoms with E-state index in [0.29, 0.717) is 5.56 Å². The van der Waals surface area contributed by atoms with E-state index in [1.165, 1.54) is 0 Å². The molecule has 1 aromatic rings. The van der Waals surface area contributed by atoms with Gasteiger partial charge in [0, 0.05) is 13.1 Å². The van der Waals surface area contributed by atoms with E-state index >= 15 is 0 Å². The maximum atomic E-state index is 9.18. The quantitative estimate of drug-likeness (QED) is 0.819. The summed E-state index contributed by atoms with van der Waals surface area (Å²) < 4.78 is 0. The molecule has 3 heteroatoms. The zero-order valence-electron chi connectivity index (χ0n) is 9.85. The van der Waals surface area contributed by atoms with Crippen molar-refractivity contribution in [3.05, 3.63) is 35.4 Å². The van der Waals surface area contributed by atoms with E-state index in [0.717, 1.165) is 25.1 Å². The smallest absolute Gasteiger partial charge is 0.0991 e. The third kappa shape index (κ3) is 4.43. The summed E-state index contributed by atoms with van der Waals surface area (Å²) in [4.78, 5) is 2.14. The van der Waals surface area contributed by atoms with Crippen LogP contribution in [0.3, 0.4) is 0 Å². The Balaban J connectivity index is 2.49. The Morgan fingerprint density at radius 3 is 2.88 bits per heavy atom. The van der Waals surface area contributed by atoms with Gasteiger partial charge in [0.1, 0.15) is 0 Å². The second kappa shape index (κ2) is 6.26. The van der Waals surface area contributed by atoms with Gasteiger partial charge in [-0.05, 0) is 38.1 Å². The van der Waals surface area contributed by atoms with Gasteiger partial charge < -0.3 is 10.0 Å². The lowest BCUT2D eigenvalue weighted by molar-refractivity contribution is 0.163. The average molecular weight is 218 g/mol. The highest BCUT2D eigenvalue weighted by molar-refractivity contribution is 5.32. The molecule has 0 radical (unpaired) electrons. The van der Waals surface area contributed by atoms with Gasteiger partial charge in [-0.15, -0.1) is 0 Å². The lowest BCUT2D eigenvalue weighted by atomic mass is 10.1. The van der Waals surface area contributed by atoms with Gasteiger partial charge in [-0.1, -0.05) is 12.1 Å². The minimum absolute atomic E-state index is 0.257. The molecule has 16 heavy (non-hydrogen) atoms. The van der Waals surface area contributed by atoms with Gasteiger partial charge in [-0.25, -0.2) is 0 Å². The monoisotopic (exact) mass is 218 g/mol. The Morgan fingerprint density at radius 1 is 1.50 bits per heavy atom. The molecule has 0 spiro atoms. The minimum atomic E-state index is -0.257. The van der Waals surface area contributed by atoms with Gasteiger partial charge in [-0.2, -0.15) is 5.26 Å². The van der Waals surface area contributed by atoms with Crippen molar-refractivity contribution in [3.8, 4) is 6.07 Å². The molecular formula is C13H18N2O. The predicted octanol–water partition coefficient (Wildman–Crippen LogP) is 1.76. The van der Waals surface area contributed by atoms with Crippen LogP contribution in [0.15, 0.2) is 24.3 Å². The van der Waals surface area contributed by atoms with Gasteiger partial charge in [-0.3, -0.25) is 0 Å². The molecular weight excluding hydrogens is 200 g/mol. The molecule has 1 aromatic carbocycles. The topological polar surface area (TPSA) is 47.3 Å². The fourth-order valence-corrected chi connectivity index (χ4v) is 1.54. The van der Waals surface area contributed by atoms with E-state index < -0.39 is 0 Å². The Hall–Kier alpha value is -1.37. The standard InChI is InChI=1S/C13H18N2O/c1-11(16)6-7-15(2)10-13-5-3-4-12(8-13)9-14/h3-5,8,11,16H,6-7,10H2,1-2H3. The largest absolute Gasteiger partial charge is 0.393 e. The number of hydrogen-bond donors (Lipinski definition) is 1. The minimum Gasteiger partial charge on any atom is -0.393 e. The maximum Gasteiger partial charge on any atom is 0.0991 e. The molecule has 0 saturated carbocycles. The van der Waals surface area contributed by atoms with E-state index in [2.05, 4.69) is 11.0 Å². The Labute approximate surface area is 96.9 Å². The van der Waals surface area contributed by atoms with Crippen LogP contribution < -0.4 is 0 Å². The summed E-state index contributed by atoms with van der Waals surface area (Å²) in [5.74, 6) is 0. The molecule has 86 valence electrons. The number of nitriles is 1. The third-order valence-electron chi connectivity index (χ3n) is 2.44. The second-order valence-electron chi connectivity index (χ2n) is 4.19. The molecule has 1 rings (SSSR count). The van der Waals surface area contributed by atoms with Crippen LogP contribution in [0.4, 0.5) is 0 Å². The normalized spacial score (nSPS) is 12.4. The first-order valence-corrected chi connectivity index (χ1v) is 5.47. The molecule has 0 aliphatic heterocycles. The van der Waals surface area contributed by atoms with Crippen molar-refractivity contribution in [1.29, 1.82) is 5.26 Å². The van der Waals surface area contributed by atoms with E-state index in [-0.39, 0.29) is 6.10 Å². The van der Waals surface area contributed by atoms with Gasteiger partial charge >= 0.3 is 0 Å². The number of benzene rings is 1. The van der Waals surface area contributed by atoms with Gasteiger partial charge in [0.05, 0.1) is 17.7 Å². The fourth-order valence-electron chi connectivity index (χ4n) is 1.54. The highest BCUT2D eigenvalue weighted by Crippen LogP contribution is 2.07. The first-order chi connectivity index (χ1) is 7.61. The summed E-state index contributed by atoms with van der Waals surface area (Å²) in [6, 6.07) is 9.75. The molecule has 0 aliphatic rings. The van der Waals surface area contributed by atoms with Gasteiger partial charge in [0.15, 0.2) is 0 Å². The molecule has 1 unspecified atom stereocenters. The first-order valence-electron chi connectivity index (χ1n) is 5.47. The number of rotatable bonds is 5. The van der Waals surface area contributed by atoms with Gasteiger partial charge in [0.2, 0.25) is 0 Å². The second-order valence-corrected chi connectivity index (χ2v) is 4.19. The maximum absolute atomic E-state index is 9.18. The SMILES string of the molecule is CC(O)CCN(C)Cc1cccc(C#N)c1. The molecule has 3 nitrogen and oxygen atoms in total. The average Bonchev–Trinajstić information content (AvgIpc) is 2.26. The van der Waals surface area contributed by atoms with Crippen LogP contribution in [0, 0.1) is 11.3 Å². The number of aliphatic hydroxyl groups excluding tert-OH is 1. The molecule has 0 fully saturated rings. The molecule has 0 saturated heterocycles. The highest BCUT2D eigenvalue weighted by atomic mass is 16.3. The van der Waals surface area contributed by atoms with Crippen LogP contribution in [0.25, 0.3) is 0 Å². The third-order valence-corrected chi connectivity index (χ3v) is 2.44. The molecule has 0 bridgehead atoms. The lowest BCUT2D eigenvalue weighted by Gasteiger charge is -2.17. The van der Waals surface area contributed by atoms with Crippen LogP contribution >= 0.6 is 0 Å². The van der Waals surface area contributed by atoms with Crippen molar-refractivity contribution in [2.24, 2.45) is 0 Å². The molecule has 1 atom stereocenters. The zero-order chi connectivity index (χ0) is 12.0. The van der Waals surface area contributed by atoms with Crippen LogP contribution in [0.5, 0.6) is 0 Å². The van der Waals surface area contributed by atoms with E-state index in [4.69, 9.17) is 5.26 Å². The predicted molar refractivity (Wildman–Crippen MR) is 63.8 cm³/mol. The molecule has 0 aromatic heterocycles. The van der Waals surface area contributed by atoms with Crippen molar-refractivity contribution in [3.63, 3.8) is 0 Å². The number of hydrogen-bond acceptors (Lipinski definition) is 3. The van der Waals surface area contributed by atoms with Crippen LogP contribution in [-0.4, -0.2) is 29.7 Å².